The summed E-state index contributed by atoms with van der Waals surface area (Å²) < 4.78 is 16.1. The minimum absolute atomic E-state index is 0.0355. The molecule has 3 aromatic rings. The highest BCUT2D eigenvalue weighted by molar-refractivity contribution is 6.51. The number of nitrogens with zero attached hydrogens (tertiary/aromatic N) is 1. The van der Waals surface area contributed by atoms with Crippen LogP contribution in [-0.4, -0.2) is 38.1 Å². The zero-order valence-electron chi connectivity index (χ0n) is 20.3. The van der Waals surface area contributed by atoms with Gasteiger partial charge in [0.2, 0.25) is 0 Å². The molecule has 1 N–H and O–H groups in total. The predicted molar refractivity (Wildman–Crippen MR) is 133 cm³/mol. The van der Waals surface area contributed by atoms with Gasteiger partial charge in [0.15, 0.2) is 0 Å². The smallest absolute Gasteiger partial charge is 0.300 e. The molecule has 0 spiro atoms. The van der Waals surface area contributed by atoms with Crippen LogP contribution in [-0.2, 0) is 9.59 Å². The van der Waals surface area contributed by atoms with Crippen LogP contribution in [0.5, 0.6) is 17.2 Å². The SMILES string of the molecule is COc1cccc(C2/C(=C(/O)c3ccc(OC)cc3OC)C(=O)C(=O)N2c2ccc(C)cc2C)c1. The second-order valence-corrected chi connectivity index (χ2v) is 8.30. The van der Waals surface area contributed by atoms with Crippen molar-refractivity contribution in [3.8, 4) is 17.2 Å². The molecule has 180 valence electrons. The Bertz CT molecular complexity index is 1340. The summed E-state index contributed by atoms with van der Waals surface area (Å²) >= 11 is 0. The molecule has 1 atom stereocenters. The van der Waals surface area contributed by atoms with E-state index >= 15 is 0 Å². The van der Waals surface area contributed by atoms with Crippen LogP contribution in [0, 0.1) is 13.8 Å². The monoisotopic (exact) mass is 473 g/mol. The van der Waals surface area contributed by atoms with Gasteiger partial charge in [0, 0.05) is 11.8 Å². The number of benzene rings is 3. The molecule has 1 aliphatic rings. The Morgan fingerprint density at radius 2 is 1.57 bits per heavy atom. The molecule has 3 aromatic carbocycles. The molecule has 1 unspecified atom stereocenters. The van der Waals surface area contributed by atoms with E-state index in [1.807, 2.05) is 32.0 Å². The van der Waals surface area contributed by atoms with Crippen molar-refractivity contribution >= 4 is 23.1 Å². The molecule has 4 rings (SSSR count). The van der Waals surface area contributed by atoms with E-state index in [2.05, 4.69) is 0 Å². The molecule has 1 amide bonds. The molecular weight excluding hydrogens is 446 g/mol. The third kappa shape index (κ3) is 4.21. The molecule has 0 saturated carbocycles. The van der Waals surface area contributed by atoms with Crippen LogP contribution in [0.15, 0.2) is 66.2 Å². The van der Waals surface area contributed by atoms with Gasteiger partial charge in [-0.1, -0.05) is 29.8 Å². The maximum absolute atomic E-state index is 13.4. The van der Waals surface area contributed by atoms with Crippen LogP contribution in [0.2, 0.25) is 0 Å². The summed E-state index contributed by atoms with van der Waals surface area (Å²) in [5, 5.41) is 11.4. The van der Waals surface area contributed by atoms with Gasteiger partial charge in [0.05, 0.1) is 38.5 Å². The highest BCUT2D eigenvalue weighted by Crippen LogP contribution is 2.45. The van der Waals surface area contributed by atoms with E-state index in [0.29, 0.717) is 28.5 Å². The van der Waals surface area contributed by atoms with Crippen molar-refractivity contribution in [1.29, 1.82) is 0 Å². The number of aliphatic hydroxyl groups is 1. The number of hydrogen-bond acceptors (Lipinski definition) is 6. The Kier molecular flexibility index (Phi) is 6.51. The fourth-order valence-corrected chi connectivity index (χ4v) is 4.42. The highest BCUT2D eigenvalue weighted by atomic mass is 16.5. The van der Waals surface area contributed by atoms with E-state index in [4.69, 9.17) is 14.2 Å². The summed E-state index contributed by atoms with van der Waals surface area (Å²) in [5.41, 5.74) is 3.32. The van der Waals surface area contributed by atoms with Crippen molar-refractivity contribution in [3.05, 3.63) is 88.5 Å². The molecule has 7 heteroatoms. The zero-order chi connectivity index (χ0) is 25.3. The molecule has 0 aromatic heterocycles. The predicted octanol–water partition coefficient (Wildman–Crippen LogP) is 4.96. The summed E-state index contributed by atoms with van der Waals surface area (Å²) in [5.74, 6) is -0.437. The number of methoxy groups -OCH3 is 3. The van der Waals surface area contributed by atoms with Crippen molar-refractivity contribution in [3.63, 3.8) is 0 Å². The fraction of sp³-hybridized carbons (Fsp3) is 0.214. The van der Waals surface area contributed by atoms with Crippen molar-refractivity contribution < 1.29 is 28.9 Å². The van der Waals surface area contributed by atoms with Gasteiger partial charge in [-0.15, -0.1) is 0 Å². The Balaban J connectivity index is 2.00. The van der Waals surface area contributed by atoms with Gasteiger partial charge in [-0.05, 0) is 55.3 Å². The van der Waals surface area contributed by atoms with Gasteiger partial charge in [-0.2, -0.15) is 0 Å². The van der Waals surface area contributed by atoms with Gasteiger partial charge in [0.25, 0.3) is 11.7 Å². The first-order valence-corrected chi connectivity index (χ1v) is 11.0. The largest absolute Gasteiger partial charge is 0.507 e. The lowest BCUT2D eigenvalue weighted by Gasteiger charge is -2.27. The van der Waals surface area contributed by atoms with Crippen molar-refractivity contribution in [2.45, 2.75) is 19.9 Å². The lowest BCUT2D eigenvalue weighted by atomic mass is 9.94. The standard InChI is InChI=1S/C28H27NO6/c1-16-9-12-22(17(2)13-16)29-25(18-7-6-8-19(14-18)33-3)24(27(31)28(29)32)26(30)21-11-10-20(34-4)15-23(21)35-5/h6-15,25,30H,1-5H3/b26-24-. The Morgan fingerprint density at radius 3 is 2.23 bits per heavy atom. The number of aryl methyl sites for hydroxylation is 2. The molecule has 0 radical (unpaired) electrons. The van der Waals surface area contributed by atoms with Gasteiger partial charge >= 0.3 is 0 Å². The number of aliphatic hydroxyl groups excluding tert-OH is 1. The minimum Gasteiger partial charge on any atom is -0.507 e. The Hall–Kier alpha value is -4.26. The van der Waals surface area contributed by atoms with Crippen molar-refractivity contribution in [2.24, 2.45) is 0 Å². The average Bonchev–Trinajstić information content (AvgIpc) is 3.13. The van der Waals surface area contributed by atoms with Crippen LogP contribution >= 0.6 is 0 Å². The van der Waals surface area contributed by atoms with Crippen LogP contribution < -0.4 is 19.1 Å². The number of Topliss-reactive ketones (excluding diaryl/α,β-unsaturated/α-hetero) is 1. The second kappa shape index (κ2) is 9.54. The number of ether oxygens (including phenoxy) is 3. The first-order valence-electron chi connectivity index (χ1n) is 11.0. The number of amides is 1. The second-order valence-electron chi connectivity index (χ2n) is 8.30. The number of anilines is 1. The molecule has 1 aliphatic heterocycles. The molecule has 1 heterocycles. The quantitative estimate of drug-likeness (QED) is 0.310. The molecule has 0 bridgehead atoms. The third-order valence-electron chi connectivity index (χ3n) is 6.13. The molecular formula is C28H27NO6. The Labute approximate surface area is 204 Å². The molecule has 1 saturated heterocycles. The topological polar surface area (TPSA) is 85.3 Å². The highest BCUT2D eigenvalue weighted by Gasteiger charge is 2.47. The molecule has 1 fully saturated rings. The van der Waals surface area contributed by atoms with Gasteiger partial charge in [-0.3, -0.25) is 14.5 Å². The van der Waals surface area contributed by atoms with Gasteiger partial charge in [0.1, 0.15) is 23.0 Å². The van der Waals surface area contributed by atoms with E-state index in [0.717, 1.165) is 11.1 Å². The summed E-state index contributed by atoms with van der Waals surface area (Å²) in [6, 6.07) is 16.7. The summed E-state index contributed by atoms with van der Waals surface area (Å²) in [4.78, 5) is 28.3. The van der Waals surface area contributed by atoms with E-state index in [1.165, 1.54) is 19.1 Å². The maximum Gasteiger partial charge on any atom is 0.300 e. The molecule has 35 heavy (non-hydrogen) atoms. The number of carbonyl (C=O) groups is 2. The summed E-state index contributed by atoms with van der Waals surface area (Å²) in [6.45, 7) is 3.84. The average molecular weight is 474 g/mol. The lowest BCUT2D eigenvalue weighted by Crippen LogP contribution is -2.30. The molecule has 7 nitrogen and oxygen atoms in total. The number of ketones is 1. The van der Waals surface area contributed by atoms with E-state index < -0.39 is 17.7 Å². The third-order valence-corrected chi connectivity index (χ3v) is 6.13. The fourth-order valence-electron chi connectivity index (χ4n) is 4.42. The van der Waals surface area contributed by atoms with Gasteiger partial charge < -0.3 is 19.3 Å². The number of rotatable bonds is 6. The zero-order valence-corrected chi connectivity index (χ0v) is 20.3. The first kappa shape index (κ1) is 23.9. The maximum atomic E-state index is 13.4. The first-order chi connectivity index (χ1) is 16.8. The van der Waals surface area contributed by atoms with Crippen LogP contribution in [0.3, 0.4) is 0 Å². The number of carbonyl (C=O) groups excluding carboxylic acids is 2. The van der Waals surface area contributed by atoms with Crippen molar-refractivity contribution in [1.82, 2.24) is 0 Å². The van der Waals surface area contributed by atoms with Crippen LogP contribution in [0.4, 0.5) is 5.69 Å². The Morgan fingerprint density at radius 1 is 0.857 bits per heavy atom. The van der Waals surface area contributed by atoms with Gasteiger partial charge in [-0.25, -0.2) is 0 Å². The number of hydrogen-bond donors (Lipinski definition) is 1. The van der Waals surface area contributed by atoms with E-state index in [9.17, 15) is 14.7 Å². The lowest BCUT2D eigenvalue weighted by molar-refractivity contribution is -0.132. The van der Waals surface area contributed by atoms with Crippen molar-refractivity contribution in [2.75, 3.05) is 26.2 Å². The van der Waals surface area contributed by atoms with E-state index in [-0.39, 0.29) is 16.9 Å². The normalized spacial score (nSPS) is 16.9. The van der Waals surface area contributed by atoms with Crippen LogP contribution in [0.25, 0.3) is 5.76 Å². The van der Waals surface area contributed by atoms with Crippen LogP contribution in [0.1, 0.15) is 28.3 Å². The van der Waals surface area contributed by atoms with E-state index in [1.54, 1.807) is 49.6 Å². The minimum atomic E-state index is -0.877. The summed E-state index contributed by atoms with van der Waals surface area (Å²) in [7, 11) is 4.52. The summed E-state index contributed by atoms with van der Waals surface area (Å²) in [6.07, 6.45) is 0. The molecule has 0 aliphatic carbocycles.